The number of aliphatic hydroxyl groups is 2. The van der Waals surface area contributed by atoms with Crippen molar-refractivity contribution in [2.75, 3.05) is 19.8 Å². The number of rotatable bonds is 4. The van der Waals surface area contributed by atoms with E-state index in [1.807, 2.05) is 6.92 Å². The van der Waals surface area contributed by atoms with Crippen molar-refractivity contribution in [2.24, 2.45) is 5.92 Å². The van der Waals surface area contributed by atoms with Crippen LogP contribution in [0.4, 0.5) is 4.79 Å². The van der Waals surface area contributed by atoms with E-state index in [-0.39, 0.29) is 18.6 Å². The summed E-state index contributed by atoms with van der Waals surface area (Å²) in [7, 11) is 0. The van der Waals surface area contributed by atoms with Crippen LogP contribution in [0.5, 0.6) is 0 Å². The van der Waals surface area contributed by atoms with Gasteiger partial charge in [0.2, 0.25) is 0 Å². The first kappa shape index (κ1) is 13.7. The minimum absolute atomic E-state index is 0.147. The van der Waals surface area contributed by atoms with Crippen LogP contribution in [0.3, 0.4) is 0 Å². The van der Waals surface area contributed by atoms with Crippen LogP contribution in [-0.2, 0) is 4.79 Å². The summed E-state index contributed by atoms with van der Waals surface area (Å²) >= 11 is 0. The minimum Gasteiger partial charge on any atom is -0.480 e. The van der Waals surface area contributed by atoms with Crippen LogP contribution in [0.1, 0.15) is 13.3 Å². The Morgan fingerprint density at radius 1 is 1.47 bits per heavy atom. The third kappa shape index (κ3) is 3.07. The van der Waals surface area contributed by atoms with E-state index in [1.165, 1.54) is 4.90 Å². The van der Waals surface area contributed by atoms with Crippen molar-refractivity contribution >= 4 is 12.0 Å². The quantitative estimate of drug-likeness (QED) is 0.500. The van der Waals surface area contributed by atoms with E-state index in [9.17, 15) is 9.59 Å². The van der Waals surface area contributed by atoms with Crippen molar-refractivity contribution in [3.05, 3.63) is 0 Å². The average molecular weight is 246 g/mol. The molecule has 1 aliphatic rings. The van der Waals surface area contributed by atoms with Crippen molar-refractivity contribution in [2.45, 2.75) is 25.4 Å². The zero-order valence-corrected chi connectivity index (χ0v) is 9.67. The summed E-state index contributed by atoms with van der Waals surface area (Å²) in [6, 6.07) is -2.16. The van der Waals surface area contributed by atoms with Gasteiger partial charge in [-0.15, -0.1) is 0 Å². The topological polar surface area (TPSA) is 110 Å². The molecule has 17 heavy (non-hydrogen) atoms. The second-order valence-electron chi connectivity index (χ2n) is 4.23. The fourth-order valence-corrected chi connectivity index (χ4v) is 1.96. The predicted octanol–water partition coefficient (Wildman–Crippen LogP) is -1.16. The number of carbonyl (C=O) groups excluding carboxylic acids is 1. The number of carbonyl (C=O) groups is 2. The largest absolute Gasteiger partial charge is 0.480 e. The Morgan fingerprint density at radius 3 is 2.59 bits per heavy atom. The lowest BCUT2D eigenvalue weighted by molar-refractivity contribution is -0.140. The molecule has 0 bridgehead atoms. The molecule has 3 unspecified atom stereocenters. The zero-order chi connectivity index (χ0) is 13.0. The summed E-state index contributed by atoms with van der Waals surface area (Å²) in [4.78, 5) is 23.8. The van der Waals surface area contributed by atoms with Crippen LogP contribution in [0, 0.1) is 5.92 Å². The Hall–Kier alpha value is -1.34. The van der Waals surface area contributed by atoms with Gasteiger partial charge in [0.1, 0.15) is 0 Å². The summed E-state index contributed by atoms with van der Waals surface area (Å²) in [5, 5.41) is 28.9. The SMILES string of the molecule is CC1CCN(C(=O)NC(CO)C(=O)O)C1CO. The lowest BCUT2D eigenvalue weighted by Crippen LogP contribution is -2.52. The minimum atomic E-state index is -1.31. The lowest BCUT2D eigenvalue weighted by atomic mass is 10.0. The molecule has 0 aromatic carbocycles. The monoisotopic (exact) mass is 246 g/mol. The first-order valence-electron chi connectivity index (χ1n) is 5.53. The van der Waals surface area contributed by atoms with Crippen molar-refractivity contribution in [3.8, 4) is 0 Å². The number of hydrogen-bond acceptors (Lipinski definition) is 4. The summed E-state index contributed by atoms with van der Waals surface area (Å²) in [6.07, 6.45) is 0.773. The molecule has 4 N–H and O–H groups in total. The smallest absolute Gasteiger partial charge is 0.328 e. The third-order valence-corrected chi connectivity index (χ3v) is 3.11. The van der Waals surface area contributed by atoms with Crippen LogP contribution < -0.4 is 5.32 Å². The molecule has 0 saturated carbocycles. The second-order valence-corrected chi connectivity index (χ2v) is 4.23. The summed E-state index contributed by atoms with van der Waals surface area (Å²) in [6.45, 7) is 1.60. The van der Waals surface area contributed by atoms with Crippen molar-refractivity contribution < 1.29 is 24.9 Å². The molecule has 98 valence electrons. The first-order chi connectivity index (χ1) is 8.01. The highest BCUT2D eigenvalue weighted by molar-refractivity contribution is 5.83. The van der Waals surface area contributed by atoms with Crippen LogP contribution in [0.2, 0.25) is 0 Å². The molecule has 1 rings (SSSR count). The lowest BCUT2D eigenvalue weighted by Gasteiger charge is -2.26. The number of likely N-dealkylation sites (tertiary alicyclic amines) is 1. The number of hydrogen-bond donors (Lipinski definition) is 4. The number of carboxylic acid groups (broad SMARTS) is 1. The van der Waals surface area contributed by atoms with Crippen LogP contribution in [0.15, 0.2) is 0 Å². The molecule has 7 nitrogen and oxygen atoms in total. The Labute approximate surface area is 99.0 Å². The van der Waals surface area contributed by atoms with E-state index in [1.54, 1.807) is 0 Å². The molecule has 3 atom stereocenters. The summed E-state index contributed by atoms with van der Waals surface area (Å²) < 4.78 is 0. The molecule has 0 aliphatic carbocycles. The van der Waals surface area contributed by atoms with Gasteiger partial charge in [0.05, 0.1) is 19.3 Å². The van der Waals surface area contributed by atoms with Gasteiger partial charge in [0, 0.05) is 6.54 Å². The molecule has 1 fully saturated rings. The Morgan fingerprint density at radius 2 is 2.12 bits per heavy atom. The molecule has 1 heterocycles. The van der Waals surface area contributed by atoms with Crippen molar-refractivity contribution in [3.63, 3.8) is 0 Å². The van der Waals surface area contributed by atoms with E-state index in [0.717, 1.165) is 6.42 Å². The van der Waals surface area contributed by atoms with Crippen molar-refractivity contribution in [1.82, 2.24) is 10.2 Å². The first-order valence-corrected chi connectivity index (χ1v) is 5.53. The standard InChI is InChI=1S/C10H18N2O5/c1-6-2-3-12(8(6)5-14)10(17)11-7(4-13)9(15)16/h6-8,13-14H,2-5H2,1H3,(H,11,17)(H,15,16). The van der Waals surface area contributed by atoms with E-state index in [2.05, 4.69) is 5.32 Å². The maximum absolute atomic E-state index is 11.8. The van der Waals surface area contributed by atoms with E-state index in [4.69, 9.17) is 15.3 Å². The van der Waals surface area contributed by atoms with Gasteiger partial charge < -0.3 is 25.5 Å². The second kappa shape index (κ2) is 5.83. The molecule has 0 aromatic heterocycles. The highest BCUT2D eigenvalue weighted by Gasteiger charge is 2.35. The predicted molar refractivity (Wildman–Crippen MR) is 58.4 cm³/mol. The number of amides is 2. The molecule has 0 radical (unpaired) electrons. The van der Waals surface area contributed by atoms with Gasteiger partial charge in [-0.05, 0) is 12.3 Å². The molecule has 0 aromatic rings. The molecule has 0 spiro atoms. The zero-order valence-electron chi connectivity index (χ0n) is 9.67. The number of urea groups is 1. The van der Waals surface area contributed by atoms with Gasteiger partial charge in [0.25, 0.3) is 0 Å². The van der Waals surface area contributed by atoms with E-state index in [0.29, 0.717) is 6.54 Å². The van der Waals surface area contributed by atoms with Gasteiger partial charge in [-0.3, -0.25) is 0 Å². The number of nitrogens with one attached hydrogen (secondary N) is 1. The van der Waals surface area contributed by atoms with Crippen LogP contribution in [-0.4, -0.2) is 64.1 Å². The maximum Gasteiger partial charge on any atom is 0.328 e. The van der Waals surface area contributed by atoms with Gasteiger partial charge in [-0.2, -0.15) is 0 Å². The Kier molecular flexibility index (Phi) is 4.71. The van der Waals surface area contributed by atoms with Crippen LogP contribution >= 0.6 is 0 Å². The van der Waals surface area contributed by atoms with E-state index < -0.39 is 24.6 Å². The highest BCUT2D eigenvalue weighted by Crippen LogP contribution is 2.23. The molecular formula is C10H18N2O5. The number of aliphatic carboxylic acids is 1. The Balaban J connectivity index is 2.61. The molecular weight excluding hydrogens is 228 g/mol. The molecule has 1 saturated heterocycles. The fourth-order valence-electron chi connectivity index (χ4n) is 1.96. The summed E-state index contributed by atoms with van der Waals surface area (Å²) in [5.41, 5.74) is 0. The number of nitrogens with zero attached hydrogens (tertiary/aromatic N) is 1. The van der Waals surface area contributed by atoms with Crippen LogP contribution in [0.25, 0.3) is 0 Å². The highest BCUT2D eigenvalue weighted by atomic mass is 16.4. The van der Waals surface area contributed by atoms with Gasteiger partial charge in [0.15, 0.2) is 6.04 Å². The van der Waals surface area contributed by atoms with Gasteiger partial charge >= 0.3 is 12.0 Å². The van der Waals surface area contributed by atoms with E-state index >= 15 is 0 Å². The van der Waals surface area contributed by atoms with Gasteiger partial charge in [-0.1, -0.05) is 6.92 Å². The summed E-state index contributed by atoms with van der Waals surface area (Å²) in [5.74, 6) is -1.10. The van der Waals surface area contributed by atoms with Gasteiger partial charge in [-0.25, -0.2) is 9.59 Å². The average Bonchev–Trinajstić information content (AvgIpc) is 2.66. The normalized spacial score (nSPS) is 25.7. The third-order valence-electron chi connectivity index (χ3n) is 3.11. The number of carboxylic acids is 1. The van der Waals surface area contributed by atoms with Crippen molar-refractivity contribution in [1.29, 1.82) is 0 Å². The molecule has 2 amide bonds. The maximum atomic E-state index is 11.8. The molecule has 1 aliphatic heterocycles. The molecule has 7 heteroatoms. The number of aliphatic hydroxyl groups excluding tert-OH is 2. The fraction of sp³-hybridized carbons (Fsp3) is 0.800. The Bertz CT molecular complexity index is 296.